The van der Waals surface area contributed by atoms with E-state index in [1.165, 1.54) is 24.3 Å². The summed E-state index contributed by atoms with van der Waals surface area (Å²) < 4.78 is 42.0. The van der Waals surface area contributed by atoms with Gasteiger partial charge in [0, 0.05) is 0 Å². The smallest absolute Gasteiger partial charge is 0.465 e. The van der Waals surface area contributed by atoms with Crippen molar-refractivity contribution in [3.05, 3.63) is 29.8 Å². The first kappa shape index (κ1) is 15.4. The van der Waals surface area contributed by atoms with Crippen molar-refractivity contribution in [3.8, 4) is 5.75 Å². The van der Waals surface area contributed by atoms with E-state index in [9.17, 15) is 17.1 Å². The molecule has 1 rings (SSSR count). The van der Waals surface area contributed by atoms with Gasteiger partial charge >= 0.3 is 16.5 Å². The third-order valence-electron chi connectivity index (χ3n) is 2.56. The predicted octanol–water partition coefficient (Wildman–Crippen LogP) is 2.12. The Bertz CT molecular complexity index is 548. The van der Waals surface area contributed by atoms with Crippen molar-refractivity contribution in [3.63, 3.8) is 0 Å². The van der Waals surface area contributed by atoms with Gasteiger partial charge in [0.2, 0.25) is 0 Å². The Morgan fingerprint density at radius 2 is 1.79 bits per heavy atom. The molecule has 0 fully saturated rings. The molecule has 7 heteroatoms. The van der Waals surface area contributed by atoms with Crippen LogP contribution in [-0.4, -0.2) is 21.0 Å². The number of hydrogen-bond acceptors (Lipinski definition) is 5. The van der Waals surface area contributed by atoms with Crippen molar-refractivity contribution in [2.45, 2.75) is 26.2 Å². The summed E-state index contributed by atoms with van der Waals surface area (Å²) >= 11 is 0. The summed E-state index contributed by atoms with van der Waals surface area (Å²) in [7, 11) is -5.04. The molecule has 0 bridgehead atoms. The number of benzene rings is 1. The van der Waals surface area contributed by atoms with Crippen LogP contribution in [0.3, 0.4) is 0 Å². The molecule has 0 saturated heterocycles. The lowest BCUT2D eigenvalue weighted by atomic mass is 9.85. The number of ether oxygens (including phenoxy) is 1. The molecule has 0 amide bonds. The fourth-order valence-corrected chi connectivity index (χ4v) is 1.81. The Kier molecular flexibility index (Phi) is 4.52. The number of hydrogen-bond donors (Lipinski definition) is 0. The van der Waals surface area contributed by atoms with Crippen LogP contribution in [0.1, 0.15) is 26.3 Å². The van der Waals surface area contributed by atoms with E-state index >= 15 is 0 Å². The van der Waals surface area contributed by atoms with Gasteiger partial charge in [-0.25, -0.2) is 0 Å². The highest BCUT2D eigenvalue weighted by atomic mass is 32.3. The third kappa shape index (κ3) is 4.20. The van der Waals surface area contributed by atoms with Gasteiger partial charge in [-0.3, -0.25) is 4.79 Å². The lowest BCUT2D eigenvalue weighted by Crippen LogP contribution is -2.31. The Morgan fingerprint density at radius 1 is 1.26 bits per heavy atom. The number of esters is 1. The highest BCUT2D eigenvalue weighted by molar-refractivity contribution is 7.81. The van der Waals surface area contributed by atoms with Gasteiger partial charge in [0.25, 0.3) is 0 Å². The minimum absolute atomic E-state index is 0.161. The van der Waals surface area contributed by atoms with Crippen LogP contribution in [0.5, 0.6) is 5.75 Å². The summed E-state index contributed by atoms with van der Waals surface area (Å²) in [5.41, 5.74) is -0.280. The molecule has 106 valence electrons. The van der Waals surface area contributed by atoms with Gasteiger partial charge in [-0.1, -0.05) is 16.0 Å². The van der Waals surface area contributed by atoms with Gasteiger partial charge in [-0.15, -0.1) is 0 Å². The second-order valence-electron chi connectivity index (χ2n) is 4.35. The molecule has 0 heterocycles. The minimum Gasteiger partial charge on any atom is -0.465 e. The molecule has 0 saturated carbocycles. The van der Waals surface area contributed by atoms with E-state index in [1.807, 2.05) is 0 Å². The van der Waals surface area contributed by atoms with Crippen LogP contribution in [0, 0.1) is 0 Å². The van der Waals surface area contributed by atoms with E-state index in [2.05, 4.69) is 4.18 Å². The Labute approximate surface area is 111 Å². The first-order valence-electron chi connectivity index (χ1n) is 5.58. The molecular formula is C12H15FO5S. The van der Waals surface area contributed by atoms with Crippen LogP contribution < -0.4 is 4.18 Å². The van der Waals surface area contributed by atoms with E-state index in [4.69, 9.17) is 4.74 Å². The number of rotatable bonds is 5. The summed E-state index contributed by atoms with van der Waals surface area (Å²) in [6.45, 7) is 5.32. The maximum absolute atomic E-state index is 12.3. The van der Waals surface area contributed by atoms with Crippen LogP contribution in [0.2, 0.25) is 0 Å². The van der Waals surface area contributed by atoms with E-state index < -0.39 is 21.9 Å². The standard InChI is InChI=1S/C12H15FO5S/c1-4-17-11(14)12(2,3)9-5-7-10(8-6-9)18-19(13,15)16/h5-8H,4H2,1-3H3. The van der Waals surface area contributed by atoms with Crippen LogP contribution in [-0.2, 0) is 25.5 Å². The minimum atomic E-state index is -5.04. The van der Waals surface area contributed by atoms with Crippen molar-refractivity contribution in [2.75, 3.05) is 6.61 Å². The fraction of sp³-hybridized carbons (Fsp3) is 0.417. The van der Waals surface area contributed by atoms with Gasteiger partial charge in [0.1, 0.15) is 5.75 Å². The van der Waals surface area contributed by atoms with Crippen molar-refractivity contribution in [1.29, 1.82) is 0 Å². The Hall–Kier alpha value is -1.63. The molecule has 0 radical (unpaired) electrons. The van der Waals surface area contributed by atoms with Crippen LogP contribution in [0.4, 0.5) is 3.89 Å². The highest BCUT2D eigenvalue weighted by Crippen LogP contribution is 2.27. The van der Waals surface area contributed by atoms with Crippen LogP contribution >= 0.6 is 0 Å². The van der Waals surface area contributed by atoms with Crippen molar-refractivity contribution >= 4 is 16.5 Å². The molecule has 0 aliphatic carbocycles. The zero-order chi connectivity index (χ0) is 14.7. The maximum atomic E-state index is 12.3. The van der Waals surface area contributed by atoms with Gasteiger partial charge < -0.3 is 8.92 Å². The third-order valence-corrected chi connectivity index (χ3v) is 2.95. The molecule has 1 aromatic carbocycles. The quantitative estimate of drug-likeness (QED) is 0.613. The van der Waals surface area contributed by atoms with Gasteiger partial charge in [-0.05, 0) is 38.5 Å². The second-order valence-corrected chi connectivity index (χ2v) is 5.30. The molecule has 1 aromatic rings. The van der Waals surface area contributed by atoms with E-state index in [-0.39, 0.29) is 12.4 Å². The molecule has 0 spiro atoms. The zero-order valence-corrected chi connectivity index (χ0v) is 11.7. The molecule has 19 heavy (non-hydrogen) atoms. The van der Waals surface area contributed by atoms with E-state index in [0.29, 0.717) is 5.56 Å². The zero-order valence-electron chi connectivity index (χ0n) is 10.8. The molecular weight excluding hydrogens is 275 g/mol. The number of halogens is 1. The summed E-state index contributed by atoms with van der Waals surface area (Å²) in [4.78, 5) is 11.8. The molecule has 0 unspecified atom stereocenters. The largest absolute Gasteiger partial charge is 0.488 e. The SMILES string of the molecule is CCOC(=O)C(C)(C)c1ccc(OS(=O)(=O)F)cc1. The average Bonchev–Trinajstić information content (AvgIpc) is 2.27. The van der Waals surface area contributed by atoms with Gasteiger partial charge in [0.15, 0.2) is 0 Å². The van der Waals surface area contributed by atoms with Gasteiger partial charge in [-0.2, -0.15) is 8.42 Å². The number of carbonyl (C=O) groups excluding carboxylic acids is 1. The second kappa shape index (κ2) is 5.56. The molecule has 0 aromatic heterocycles. The van der Waals surface area contributed by atoms with E-state index in [1.54, 1.807) is 20.8 Å². The predicted molar refractivity (Wildman–Crippen MR) is 66.8 cm³/mol. The lowest BCUT2D eigenvalue weighted by Gasteiger charge is -2.22. The normalized spacial score (nSPS) is 12.0. The van der Waals surface area contributed by atoms with E-state index in [0.717, 1.165) is 0 Å². The van der Waals surface area contributed by atoms with Gasteiger partial charge in [0.05, 0.1) is 12.0 Å². The summed E-state index contributed by atoms with van der Waals surface area (Å²) in [5, 5.41) is 0. The van der Waals surface area contributed by atoms with Crippen LogP contribution in [0.25, 0.3) is 0 Å². The fourth-order valence-electron chi connectivity index (χ4n) is 1.47. The first-order valence-corrected chi connectivity index (χ1v) is 6.89. The molecule has 0 atom stereocenters. The van der Waals surface area contributed by atoms with Crippen molar-refractivity contribution in [1.82, 2.24) is 0 Å². The monoisotopic (exact) mass is 290 g/mol. The first-order chi connectivity index (χ1) is 8.66. The maximum Gasteiger partial charge on any atom is 0.488 e. The summed E-state index contributed by atoms with van der Waals surface area (Å²) in [6.07, 6.45) is 0. The molecule has 0 aliphatic rings. The molecule has 0 aliphatic heterocycles. The lowest BCUT2D eigenvalue weighted by molar-refractivity contribution is -0.148. The van der Waals surface area contributed by atoms with Crippen LogP contribution in [0.15, 0.2) is 24.3 Å². The summed E-state index contributed by atoms with van der Waals surface area (Å²) in [6, 6.07) is 5.51. The van der Waals surface area contributed by atoms with Crippen molar-refractivity contribution < 1.29 is 26.0 Å². The topological polar surface area (TPSA) is 69.7 Å². The summed E-state index contributed by atoms with van der Waals surface area (Å²) in [5.74, 6) is -0.562. The van der Waals surface area contributed by atoms with Crippen molar-refractivity contribution in [2.24, 2.45) is 0 Å². The molecule has 5 nitrogen and oxygen atoms in total. The highest BCUT2D eigenvalue weighted by Gasteiger charge is 2.31. The Balaban J connectivity index is 2.95. The molecule has 0 N–H and O–H groups in total. The Morgan fingerprint density at radius 3 is 2.21 bits per heavy atom. The average molecular weight is 290 g/mol. The number of carbonyl (C=O) groups is 1.